The Morgan fingerprint density at radius 2 is 2.17 bits per heavy atom. The number of hydrogen-bond acceptors (Lipinski definition) is 6. The van der Waals surface area contributed by atoms with Crippen LogP contribution in [0.4, 0.5) is 5.00 Å². The number of nitrogens with zero attached hydrogens (tertiary/aromatic N) is 2. The Morgan fingerprint density at radius 1 is 1.30 bits per heavy atom. The van der Waals surface area contributed by atoms with Crippen LogP contribution >= 0.6 is 11.3 Å². The summed E-state index contributed by atoms with van der Waals surface area (Å²) < 4.78 is 6.07. The van der Waals surface area contributed by atoms with Crippen molar-refractivity contribution in [3.8, 4) is 0 Å². The number of ether oxygens (including phenoxy) is 1. The van der Waals surface area contributed by atoms with Crippen LogP contribution in [-0.2, 0) is 11.3 Å². The molecule has 0 aliphatic heterocycles. The Morgan fingerprint density at radius 3 is 2.96 bits per heavy atom. The first-order valence-electron chi connectivity index (χ1n) is 7.39. The molecular formula is C17H17N3O2S. The molecule has 0 amide bonds. The third-order valence-electron chi connectivity index (χ3n) is 3.48. The number of rotatable bonds is 5. The normalized spacial score (nSPS) is 10.7. The lowest BCUT2D eigenvalue weighted by Gasteiger charge is -2.05. The van der Waals surface area contributed by atoms with Gasteiger partial charge < -0.3 is 10.1 Å². The molecule has 3 heterocycles. The Bertz CT molecular complexity index is 845. The van der Waals surface area contributed by atoms with Crippen molar-refractivity contribution in [1.29, 1.82) is 0 Å². The zero-order valence-electron chi connectivity index (χ0n) is 13.0. The number of pyridine rings is 2. The fraction of sp³-hybridized carbons (Fsp3) is 0.235. The second kappa shape index (κ2) is 6.75. The lowest BCUT2D eigenvalue weighted by molar-refractivity contribution is 0.0522. The van der Waals surface area contributed by atoms with Crippen molar-refractivity contribution >= 4 is 32.4 Å². The van der Waals surface area contributed by atoms with Crippen LogP contribution in [0.15, 0.2) is 36.7 Å². The third kappa shape index (κ3) is 3.32. The highest BCUT2D eigenvalue weighted by Gasteiger charge is 2.15. The minimum absolute atomic E-state index is 0.340. The lowest BCUT2D eigenvalue weighted by atomic mass is 10.2. The fourth-order valence-electron chi connectivity index (χ4n) is 2.30. The molecule has 6 heteroatoms. The molecule has 1 N–H and O–H groups in total. The van der Waals surface area contributed by atoms with Crippen molar-refractivity contribution in [3.63, 3.8) is 0 Å². The van der Waals surface area contributed by atoms with Gasteiger partial charge in [0.05, 0.1) is 11.6 Å². The van der Waals surface area contributed by atoms with Gasteiger partial charge in [0, 0.05) is 34.7 Å². The number of aryl methyl sites for hydroxylation is 1. The Hall–Kier alpha value is -2.47. The molecule has 3 aromatic rings. The Balaban J connectivity index is 1.84. The van der Waals surface area contributed by atoms with E-state index in [1.165, 1.54) is 0 Å². The molecule has 0 spiro atoms. The number of esters is 1. The summed E-state index contributed by atoms with van der Waals surface area (Å²) in [6.45, 7) is 4.81. The van der Waals surface area contributed by atoms with Gasteiger partial charge in [0.2, 0.25) is 0 Å². The summed E-state index contributed by atoms with van der Waals surface area (Å²) in [6, 6.07) is 7.83. The number of thiophene rings is 1. The largest absolute Gasteiger partial charge is 0.461 e. The average molecular weight is 327 g/mol. The van der Waals surface area contributed by atoms with Crippen molar-refractivity contribution in [2.45, 2.75) is 20.4 Å². The quantitative estimate of drug-likeness (QED) is 0.722. The van der Waals surface area contributed by atoms with Gasteiger partial charge in [-0.15, -0.1) is 11.3 Å². The van der Waals surface area contributed by atoms with Crippen LogP contribution in [0.25, 0.3) is 10.1 Å². The van der Waals surface area contributed by atoms with E-state index in [9.17, 15) is 4.79 Å². The molecule has 5 nitrogen and oxygen atoms in total. The van der Waals surface area contributed by atoms with Crippen molar-refractivity contribution in [1.82, 2.24) is 9.97 Å². The topological polar surface area (TPSA) is 64.1 Å². The number of carbonyl (C=O) groups is 1. The zero-order valence-corrected chi connectivity index (χ0v) is 13.8. The number of anilines is 1. The van der Waals surface area contributed by atoms with Gasteiger partial charge in [0.15, 0.2) is 5.69 Å². The van der Waals surface area contributed by atoms with Gasteiger partial charge >= 0.3 is 5.97 Å². The molecule has 0 atom stereocenters. The molecule has 3 aromatic heterocycles. The summed E-state index contributed by atoms with van der Waals surface area (Å²) in [4.78, 5) is 20.4. The lowest BCUT2D eigenvalue weighted by Crippen LogP contribution is -2.06. The first-order valence-corrected chi connectivity index (χ1v) is 8.20. The van der Waals surface area contributed by atoms with Gasteiger partial charge in [-0.05, 0) is 37.6 Å². The number of fused-ring (bicyclic) bond motifs is 1. The van der Waals surface area contributed by atoms with E-state index in [2.05, 4.69) is 15.3 Å². The van der Waals surface area contributed by atoms with E-state index >= 15 is 0 Å². The molecule has 3 rings (SSSR count). The number of nitrogens with one attached hydrogen (secondary N) is 1. The second-order valence-electron chi connectivity index (χ2n) is 5.00. The van der Waals surface area contributed by atoms with Crippen LogP contribution in [0.5, 0.6) is 0 Å². The number of carbonyl (C=O) groups excluding carboxylic acids is 1. The van der Waals surface area contributed by atoms with Crippen molar-refractivity contribution in [3.05, 3.63) is 53.6 Å². The summed E-state index contributed by atoms with van der Waals surface area (Å²) in [5, 5.41) is 5.20. The molecular weight excluding hydrogens is 310 g/mol. The van der Waals surface area contributed by atoms with Crippen LogP contribution < -0.4 is 5.32 Å². The minimum atomic E-state index is -0.384. The smallest absolute Gasteiger partial charge is 0.357 e. The SMILES string of the molecule is CCOC(=O)c1nccc2sc(NCc3cccnc3C)cc12. The van der Waals surface area contributed by atoms with Crippen LogP contribution in [0.3, 0.4) is 0 Å². The Labute approximate surface area is 138 Å². The number of hydrogen-bond donors (Lipinski definition) is 1. The highest BCUT2D eigenvalue weighted by molar-refractivity contribution is 7.22. The molecule has 0 saturated carbocycles. The molecule has 0 bridgehead atoms. The minimum Gasteiger partial charge on any atom is -0.461 e. The van der Waals surface area contributed by atoms with Gasteiger partial charge in [-0.2, -0.15) is 0 Å². The maximum atomic E-state index is 12.0. The standard InChI is InChI=1S/C17H17N3O2S/c1-3-22-17(21)16-13-9-15(23-14(13)6-8-19-16)20-10-12-5-4-7-18-11(12)2/h4-9,20H,3,10H2,1-2H3. The van der Waals surface area contributed by atoms with E-state index in [1.807, 2.05) is 31.2 Å². The summed E-state index contributed by atoms with van der Waals surface area (Å²) in [7, 11) is 0. The number of aromatic nitrogens is 2. The van der Waals surface area contributed by atoms with Gasteiger partial charge in [-0.25, -0.2) is 9.78 Å². The molecule has 0 radical (unpaired) electrons. The summed E-state index contributed by atoms with van der Waals surface area (Å²) >= 11 is 1.59. The fourth-order valence-corrected chi connectivity index (χ4v) is 3.25. The highest BCUT2D eigenvalue weighted by atomic mass is 32.1. The van der Waals surface area contributed by atoms with Crippen LogP contribution in [0, 0.1) is 6.92 Å². The zero-order chi connectivity index (χ0) is 16.2. The molecule has 0 aliphatic rings. The molecule has 0 aromatic carbocycles. The Kier molecular flexibility index (Phi) is 4.52. The van der Waals surface area contributed by atoms with Crippen LogP contribution in [0.2, 0.25) is 0 Å². The van der Waals surface area contributed by atoms with Crippen LogP contribution in [-0.4, -0.2) is 22.5 Å². The van der Waals surface area contributed by atoms with Crippen LogP contribution in [0.1, 0.15) is 28.7 Å². The predicted octanol–water partition coefficient (Wildman–Crippen LogP) is 3.79. The van der Waals surface area contributed by atoms with E-state index in [4.69, 9.17) is 4.74 Å². The van der Waals surface area contributed by atoms with Gasteiger partial charge in [-0.3, -0.25) is 4.98 Å². The molecule has 118 valence electrons. The van der Waals surface area contributed by atoms with E-state index in [0.29, 0.717) is 18.8 Å². The van der Waals surface area contributed by atoms with Gasteiger partial charge in [-0.1, -0.05) is 6.07 Å². The maximum Gasteiger partial charge on any atom is 0.357 e. The third-order valence-corrected chi connectivity index (χ3v) is 4.54. The van der Waals surface area contributed by atoms with Gasteiger partial charge in [0.25, 0.3) is 0 Å². The maximum absolute atomic E-state index is 12.0. The van der Waals surface area contributed by atoms with E-state index in [1.54, 1.807) is 30.7 Å². The molecule has 23 heavy (non-hydrogen) atoms. The average Bonchev–Trinajstić information content (AvgIpc) is 2.97. The second-order valence-corrected chi connectivity index (χ2v) is 6.09. The van der Waals surface area contributed by atoms with Crippen molar-refractivity contribution in [2.75, 3.05) is 11.9 Å². The van der Waals surface area contributed by atoms with Crippen molar-refractivity contribution in [2.24, 2.45) is 0 Å². The summed E-state index contributed by atoms with van der Waals surface area (Å²) in [5.41, 5.74) is 2.52. The van der Waals surface area contributed by atoms with E-state index in [-0.39, 0.29) is 5.97 Å². The monoisotopic (exact) mass is 327 g/mol. The predicted molar refractivity (Wildman–Crippen MR) is 91.9 cm³/mol. The molecule has 0 unspecified atom stereocenters. The molecule has 0 aliphatic carbocycles. The highest BCUT2D eigenvalue weighted by Crippen LogP contribution is 2.31. The summed E-state index contributed by atoms with van der Waals surface area (Å²) in [6.07, 6.45) is 3.43. The summed E-state index contributed by atoms with van der Waals surface area (Å²) in [5.74, 6) is -0.384. The first-order chi connectivity index (χ1) is 11.2. The molecule has 0 fully saturated rings. The van der Waals surface area contributed by atoms with E-state index in [0.717, 1.165) is 26.3 Å². The molecule has 0 saturated heterocycles. The van der Waals surface area contributed by atoms with Crippen molar-refractivity contribution < 1.29 is 9.53 Å². The van der Waals surface area contributed by atoms with E-state index < -0.39 is 0 Å². The first kappa shape index (κ1) is 15.4. The van der Waals surface area contributed by atoms with Gasteiger partial charge in [0.1, 0.15) is 0 Å².